The van der Waals surface area contributed by atoms with Crippen molar-refractivity contribution in [3.63, 3.8) is 0 Å². The van der Waals surface area contributed by atoms with Crippen LogP contribution in [0.3, 0.4) is 0 Å². The number of hydrogen-bond acceptors (Lipinski definition) is 3. The summed E-state index contributed by atoms with van der Waals surface area (Å²) >= 11 is 3.46. The average molecular weight is 433 g/mol. The number of halogens is 1. The quantitative estimate of drug-likeness (QED) is 0.624. The molecule has 6 heteroatoms. The van der Waals surface area contributed by atoms with E-state index in [0.717, 1.165) is 16.6 Å². The van der Waals surface area contributed by atoms with Gasteiger partial charge < -0.3 is 15.4 Å². The third kappa shape index (κ3) is 6.40. The number of hydrogen-bond donors (Lipinski definition) is 2. The predicted octanol–water partition coefficient (Wildman–Crippen LogP) is 4.88. The van der Waals surface area contributed by atoms with Crippen LogP contribution in [-0.2, 0) is 0 Å². The first-order chi connectivity index (χ1) is 12.9. The first kappa shape index (κ1) is 21.0. The van der Waals surface area contributed by atoms with E-state index in [9.17, 15) is 9.59 Å². The van der Waals surface area contributed by atoms with Crippen LogP contribution in [0, 0.1) is 5.92 Å². The van der Waals surface area contributed by atoms with E-state index in [-0.39, 0.29) is 11.8 Å². The molecular formula is C21H25BrN2O3. The van der Waals surface area contributed by atoms with Crippen LogP contribution in [0.5, 0.6) is 5.75 Å². The SMILES string of the molecule is CCNC(=O)c1ccc(NC(=O)c2ccc(OCCC(C)C)c(Br)c2)cc1. The van der Waals surface area contributed by atoms with Gasteiger partial charge in [-0.2, -0.15) is 0 Å². The van der Waals surface area contributed by atoms with Crippen molar-refractivity contribution in [1.29, 1.82) is 0 Å². The normalized spacial score (nSPS) is 10.6. The minimum absolute atomic E-state index is 0.132. The van der Waals surface area contributed by atoms with Crippen molar-refractivity contribution >= 4 is 33.4 Å². The zero-order valence-corrected chi connectivity index (χ0v) is 17.4. The molecule has 0 aliphatic carbocycles. The molecule has 2 rings (SSSR count). The summed E-state index contributed by atoms with van der Waals surface area (Å²) in [5.74, 6) is 0.939. The lowest BCUT2D eigenvalue weighted by Crippen LogP contribution is -2.22. The Balaban J connectivity index is 1.99. The Labute approximate surface area is 168 Å². The molecule has 2 aromatic rings. The molecule has 0 atom stereocenters. The summed E-state index contributed by atoms with van der Waals surface area (Å²) in [7, 11) is 0. The molecule has 0 heterocycles. The standard InChI is InChI=1S/C21H25BrN2O3/c1-4-23-20(25)15-5-8-17(9-6-15)24-21(26)16-7-10-19(18(22)13-16)27-12-11-14(2)3/h5-10,13-14H,4,11-12H2,1-3H3,(H,23,25)(H,24,26). The van der Waals surface area contributed by atoms with E-state index in [4.69, 9.17) is 4.74 Å². The lowest BCUT2D eigenvalue weighted by molar-refractivity contribution is 0.0955. The number of carbonyl (C=O) groups excluding carboxylic acids is 2. The highest BCUT2D eigenvalue weighted by molar-refractivity contribution is 9.10. The molecule has 0 radical (unpaired) electrons. The number of amides is 2. The smallest absolute Gasteiger partial charge is 0.255 e. The van der Waals surface area contributed by atoms with Gasteiger partial charge in [-0.25, -0.2) is 0 Å². The second-order valence-electron chi connectivity index (χ2n) is 6.57. The van der Waals surface area contributed by atoms with Crippen LogP contribution in [-0.4, -0.2) is 25.0 Å². The van der Waals surface area contributed by atoms with Crippen molar-refractivity contribution in [3.05, 3.63) is 58.1 Å². The highest BCUT2D eigenvalue weighted by atomic mass is 79.9. The largest absolute Gasteiger partial charge is 0.492 e. The number of ether oxygens (including phenoxy) is 1. The Morgan fingerprint density at radius 3 is 2.30 bits per heavy atom. The van der Waals surface area contributed by atoms with Crippen molar-refractivity contribution in [2.45, 2.75) is 27.2 Å². The number of benzene rings is 2. The van der Waals surface area contributed by atoms with Gasteiger partial charge in [-0.3, -0.25) is 9.59 Å². The molecular weight excluding hydrogens is 408 g/mol. The maximum atomic E-state index is 12.5. The van der Waals surface area contributed by atoms with Crippen LogP contribution in [0.1, 0.15) is 47.9 Å². The summed E-state index contributed by atoms with van der Waals surface area (Å²) in [4.78, 5) is 24.2. The van der Waals surface area contributed by atoms with Crippen molar-refractivity contribution < 1.29 is 14.3 Å². The molecule has 0 aliphatic rings. The van der Waals surface area contributed by atoms with Gasteiger partial charge in [0.15, 0.2) is 0 Å². The molecule has 2 aromatic carbocycles. The van der Waals surface area contributed by atoms with E-state index in [1.807, 2.05) is 6.92 Å². The highest BCUT2D eigenvalue weighted by Gasteiger charge is 2.11. The van der Waals surface area contributed by atoms with Gasteiger partial charge in [0.05, 0.1) is 11.1 Å². The van der Waals surface area contributed by atoms with E-state index in [1.54, 1.807) is 42.5 Å². The Hall–Kier alpha value is -2.34. The van der Waals surface area contributed by atoms with Crippen molar-refractivity contribution in [1.82, 2.24) is 5.32 Å². The molecule has 0 unspecified atom stereocenters. The molecule has 0 fully saturated rings. The monoisotopic (exact) mass is 432 g/mol. The van der Waals surface area contributed by atoms with Crippen molar-refractivity contribution in [2.24, 2.45) is 5.92 Å². The first-order valence-electron chi connectivity index (χ1n) is 9.02. The van der Waals surface area contributed by atoms with Gasteiger partial charge in [-0.1, -0.05) is 13.8 Å². The Morgan fingerprint density at radius 1 is 1.04 bits per heavy atom. The number of rotatable bonds is 8. The van der Waals surface area contributed by atoms with E-state index in [2.05, 4.69) is 40.4 Å². The highest BCUT2D eigenvalue weighted by Crippen LogP contribution is 2.27. The summed E-state index contributed by atoms with van der Waals surface area (Å²) in [5.41, 5.74) is 1.70. The van der Waals surface area contributed by atoms with Gasteiger partial charge in [-0.05, 0) is 77.7 Å². The average Bonchev–Trinajstić information content (AvgIpc) is 2.63. The van der Waals surface area contributed by atoms with Crippen LogP contribution in [0.2, 0.25) is 0 Å². The topological polar surface area (TPSA) is 67.4 Å². The molecule has 27 heavy (non-hydrogen) atoms. The Bertz CT molecular complexity index is 789. The summed E-state index contributed by atoms with van der Waals surface area (Å²) in [6.45, 7) is 7.37. The van der Waals surface area contributed by atoms with Crippen LogP contribution in [0.4, 0.5) is 5.69 Å². The first-order valence-corrected chi connectivity index (χ1v) is 9.82. The van der Waals surface area contributed by atoms with E-state index in [1.165, 1.54) is 0 Å². The molecule has 0 saturated heterocycles. The molecule has 0 aliphatic heterocycles. The minimum atomic E-state index is -0.227. The van der Waals surface area contributed by atoms with Crippen LogP contribution >= 0.6 is 15.9 Å². The molecule has 0 aromatic heterocycles. The van der Waals surface area contributed by atoms with Gasteiger partial charge in [0.1, 0.15) is 5.75 Å². The van der Waals surface area contributed by atoms with E-state index >= 15 is 0 Å². The lowest BCUT2D eigenvalue weighted by Gasteiger charge is -2.11. The summed E-state index contributed by atoms with van der Waals surface area (Å²) < 4.78 is 6.48. The second-order valence-corrected chi connectivity index (χ2v) is 7.42. The molecule has 0 spiro atoms. The molecule has 2 amide bonds. The molecule has 144 valence electrons. The maximum Gasteiger partial charge on any atom is 0.255 e. The van der Waals surface area contributed by atoms with Gasteiger partial charge in [-0.15, -0.1) is 0 Å². The number of carbonyl (C=O) groups is 2. The number of anilines is 1. The van der Waals surface area contributed by atoms with E-state index < -0.39 is 0 Å². The van der Waals surface area contributed by atoms with Gasteiger partial charge in [0.25, 0.3) is 11.8 Å². The molecule has 5 nitrogen and oxygen atoms in total. The predicted molar refractivity (Wildman–Crippen MR) is 111 cm³/mol. The number of nitrogens with one attached hydrogen (secondary N) is 2. The summed E-state index contributed by atoms with van der Waals surface area (Å²) in [6.07, 6.45) is 0.973. The Kier molecular flexibility index (Phi) is 7.85. The van der Waals surface area contributed by atoms with Gasteiger partial charge in [0.2, 0.25) is 0 Å². The molecule has 0 bridgehead atoms. The summed E-state index contributed by atoms with van der Waals surface area (Å²) in [6, 6.07) is 12.0. The van der Waals surface area contributed by atoms with E-state index in [0.29, 0.717) is 35.9 Å². The zero-order chi connectivity index (χ0) is 19.8. The second kappa shape index (κ2) is 10.1. The maximum absolute atomic E-state index is 12.5. The molecule has 0 saturated carbocycles. The fraction of sp³-hybridized carbons (Fsp3) is 0.333. The van der Waals surface area contributed by atoms with Crippen LogP contribution < -0.4 is 15.4 Å². The summed E-state index contributed by atoms with van der Waals surface area (Å²) in [5, 5.41) is 5.57. The molecule has 2 N–H and O–H groups in total. The fourth-order valence-corrected chi connectivity index (χ4v) is 2.83. The van der Waals surface area contributed by atoms with Gasteiger partial charge in [0, 0.05) is 23.4 Å². The Morgan fingerprint density at radius 2 is 1.70 bits per heavy atom. The van der Waals surface area contributed by atoms with Gasteiger partial charge >= 0.3 is 0 Å². The van der Waals surface area contributed by atoms with Crippen molar-refractivity contribution in [3.8, 4) is 5.75 Å². The third-order valence-electron chi connectivity index (χ3n) is 3.89. The van der Waals surface area contributed by atoms with Crippen LogP contribution in [0.25, 0.3) is 0 Å². The zero-order valence-electron chi connectivity index (χ0n) is 15.8. The van der Waals surface area contributed by atoms with Crippen LogP contribution in [0.15, 0.2) is 46.9 Å². The third-order valence-corrected chi connectivity index (χ3v) is 4.51. The minimum Gasteiger partial charge on any atom is -0.492 e. The van der Waals surface area contributed by atoms with Crippen molar-refractivity contribution in [2.75, 3.05) is 18.5 Å². The lowest BCUT2D eigenvalue weighted by atomic mass is 10.1. The fourth-order valence-electron chi connectivity index (χ4n) is 2.33.